The highest BCUT2D eigenvalue weighted by Crippen LogP contribution is 2.14. The number of likely N-dealkylation sites (tertiary alicyclic amines) is 1. The van der Waals surface area contributed by atoms with Gasteiger partial charge in [0.15, 0.2) is 0 Å². The van der Waals surface area contributed by atoms with Crippen LogP contribution in [0.3, 0.4) is 0 Å². The van der Waals surface area contributed by atoms with Crippen molar-refractivity contribution in [1.82, 2.24) is 15.5 Å². The number of hydrogen-bond donors (Lipinski definition) is 3. The second kappa shape index (κ2) is 7.24. The van der Waals surface area contributed by atoms with Crippen LogP contribution in [0, 0.1) is 5.92 Å². The summed E-state index contributed by atoms with van der Waals surface area (Å²) in [6.07, 6.45) is 1.13. The third-order valence-corrected chi connectivity index (χ3v) is 3.04. The van der Waals surface area contributed by atoms with Crippen LogP contribution in [0.2, 0.25) is 0 Å². The first kappa shape index (κ1) is 13.9. The predicted octanol–water partition coefficient (Wildman–Crippen LogP) is -1.48. The number of carbonyl (C=O) groups is 2. The number of nitrogens with zero attached hydrogens (tertiary/aromatic N) is 1. The Hall–Kier alpha value is -1.14. The van der Waals surface area contributed by atoms with E-state index in [4.69, 9.17) is 5.73 Å². The minimum Gasteiger partial charge on any atom is -0.354 e. The van der Waals surface area contributed by atoms with Gasteiger partial charge in [0.25, 0.3) is 0 Å². The molecule has 1 rings (SSSR count). The first-order valence-electron chi connectivity index (χ1n) is 6.11. The molecule has 17 heavy (non-hydrogen) atoms. The third kappa shape index (κ3) is 5.14. The lowest BCUT2D eigenvalue weighted by molar-refractivity contribution is -0.125. The Bertz CT molecular complexity index is 270. The largest absolute Gasteiger partial charge is 0.354 e. The highest BCUT2D eigenvalue weighted by molar-refractivity contribution is 5.85. The van der Waals surface area contributed by atoms with Crippen molar-refractivity contribution in [2.75, 3.05) is 39.3 Å². The van der Waals surface area contributed by atoms with Crippen molar-refractivity contribution in [3.05, 3.63) is 0 Å². The molecule has 1 aliphatic rings. The number of carbonyl (C=O) groups excluding carboxylic acids is 2. The van der Waals surface area contributed by atoms with E-state index in [9.17, 15) is 9.59 Å². The minimum atomic E-state index is -0.307. The number of nitrogens with one attached hydrogen (secondary N) is 2. The summed E-state index contributed by atoms with van der Waals surface area (Å²) in [5.41, 5.74) is 5.11. The van der Waals surface area contributed by atoms with E-state index in [1.54, 1.807) is 0 Å². The van der Waals surface area contributed by atoms with E-state index >= 15 is 0 Å². The molecule has 1 fully saturated rings. The van der Waals surface area contributed by atoms with Gasteiger partial charge in [0.05, 0.1) is 13.1 Å². The molecule has 0 spiro atoms. The smallest absolute Gasteiger partial charge is 0.239 e. The lowest BCUT2D eigenvalue weighted by Gasteiger charge is -2.13. The average Bonchev–Trinajstić information content (AvgIpc) is 2.81. The van der Waals surface area contributed by atoms with Gasteiger partial charge in [0, 0.05) is 13.1 Å². The van der Waals surface area contributed by atoms with E-state index in [0.717, 1.165) is 26.1 Å². The standard InChI is InChI=1S/C11H22N4O2/c1-2-15-4-3-9(8-15)6-13-11(17)7-14-10(16)5-12/h9H,2-8,12H2,1H3,(H,13,17)(H,14,16). The van der Waals surface area contributed by atoms with E-state index in [2.05, 4.69) is 22.5 Å². The van der Waals surface area contributed by atoms with Crippen LogP contribution in [-0.2, 0) is 9.59 Å². The molecular weight excluding hydrogens is 220 g/mol. The maximum Gasteiger partial charge on any atom is 0.239 e. The molecule has 1 heterocycles. The van der Waals surface area contributed by atoms with Crippen LogP contribution in [-0.4, -0.2) is 56.0 Å². The Morgan fingerprint density at radius 1 is 1.35 bits per heavy atom. The molecule has 98 valence electrons. The maximum atomic E-state index is 11.4. The molecule has 1 unspecified atom stereocenters. The molecule has 0 radical (unpaired) electrons. The zero-order valence-corrected chi connectivity index (χ0v) is 10.4. The molecule has 0 aromatic rings. The molecule has 0 aromatic carbocycles. The fourth-order valence-electron chi connectivity index (χ4n) is 1.94. The second-order valence-electron chi connectivity index (χ2n) is 4.33. The third-order valence-electron chi connectivity index (χ3n) is 3.04. The maximum absolute atomic E-state index is 11.4. The number of hydrogen-bond acceptors (Lipinski definition) is 4. The SMILES string of the molecule is CCN1CCC(CNC(=O)CNC(=O)CN)C1. The Kier molecular flexibility index (Phi) is 5.93. The molecule has 0 aromatic heterocycles. The average molecular weight is 242 g/mol. The molecule has 0 saturated carbocycles. The number of rotatable bonds is 6. The molecule has 1 atom stereocenters. The zero-order valence-electron chi connectivity index (χ0n) is 10.4. The summed E-state index contributed by atoms with van der Waals surface area (Å²) < 4.78 is 0. The molecule has 1 saturated heterocycles. The quantitative estimate of drug-likeness (QED) is 0.530. The molecular formula is C11H22N4O2. The van der Waals surface area contributed by atoms with E-state index in [0.29, 0.717) is 12.5 Å². The van der Waals surface area contributed by atoms with Crippen molar-refractivity contribution >= 4 is 11.8 Å². The van der Waals surface area contributed by atoms with Crippen molar-refractivity contribution in [1.29, 1.82) is 0 Å². The van der Waals surface area contributed by atoms with Gasteiger partial charge < -0.3 is 21.3 Å². The van der Waals surface area contributed by atoms with Gasteiger partial charge in [-0.2, -0.15) is 0 Å². The molecule has 6 nitrogen and oxygen atoms in total. The van der Waals surface area contributed by atoms with Gasteiger partial charge in [0.1, 0.15) is 0 Å². The van der Waals surface area contributed by atoms with Gasteiger partial charge in [-0.1, -0.05) is 6.92 Å². The summed E-state index contributed by atoms with van der Waals surface area (Å²) in [6.45, 7) is 5.99. The van der Waals surface area contributed by atoms with Crippen LogP contribution in [0.1, 0.15) is 13.3 Å². The van der Waals surface area contributed by atoms with Gasteiger partial charge >= 0.3 is 0 Å². The summed E-state index contributed by atoms with van der Waals surface area (Å²) >= 11 is 0. The Balaban J connectivity index is 2.10. The topological polar surface area (TPSA) is 87.5 Å². The molecule has 4 N–H and O–H groups in total. The Morgan fingerprint density at radius 2 is 2.12 bits per heavy atom. The number of amides is 2. The van der Waals surface area contributed by atoms with Crippen molar-refractivity contribution in [2.24, 2.45) is 11.7 Å². The van der Waals surface area contributed by atoms with Crippen molar-refractivity contribution in [2.45, 2.75) is 13.3 Å². The number of nitrogens with two attached hydrogens (primary N) is 1. The monoisotopic (exact) mass is 242 g/mol. The van der Waals surface area contributed by atoms with Crippen LogP contribution in [0.4, 0.5) is 0 Å². The first-order valence-corrected chi connectivity index (χ1v) is 6.11. The van der Waals surface area contributed by atoms with Crippen molar-refractivity contribution < 1.29 is 9.59 Å². The normalized spacial score (nSPS) is 20.2. The Labute approximate surface area is 102 Å². The van der Waals surface area contributed by atoms with Gasteiger partial charge in [-0.3, -0.25) is 9.59 Å². The van der Waals surface area contributed by atoms with Crippen molar-refractivity contribution in [3.63, 3.8) is 0 Å². The highest BCUT2D eigenvalue weighted by Gasteiger charge is 2.21. The van der Waals surface area contributed by atoms with Gasteiger partial charge in [-0.15, -0.1) is 0 Å². The summed E-state index contributed by atoms with van der Waals surface area (Å²) in [4.78, 5) is 24.6. The van der Waals surface area contributed by atoms with E-state index in [1.165, 1.54) is 0 Å². The van der Waals surface area contributed by atoms with Crippen molar-refractivity contribution in [3.8, 4) is 0 Å². The molecule has 0 bridgehead atoms. The lowest BCUT2D eigenvalue weighted by atomic mass is 10.1. The van der Waals surface area contributed by atoms with E-state index in [1.807, 2.05) is 0 Å². The summed E-state index contributed by atoms with van der Waals surface area (Å²) in [7, 11) is 0. The van der Waals surface area contributed by atoms with E-state index < -0.39 is 0 Å². The molecule has 6 heteroatoms. The summed E-state index contributed by atoms with van der Waals surface area (Å²) in [5, 5.41) is 5.27. The lowest BCUT2D eigenvalue weighted by Crippen LogP contribution is -2.41. The Morgan fingerprint density at radius 3 is 2.71 bits per heavy atom. The van der Waals surface area contributed by atoms with Crippen LogP contribution >= 0.6 is 0 Å². The van der Waals surface area contributed by atoms with Crippen LogP contribution < -0.4 is 16.4 Å². The van der Waals surface area contributed by atoms with E-state index in [-0.39, 0.29) is 24.9 Å². The first-order chi connectivity index (χ1) is 8.15. The fourth-order valence-corrected chi connectivity index (χ4v) is 1.94. The molecule has 0 aliphatic carbocycles. The van der Waals surface area contributed by atoms with Gasteiger partial charge in [0.2, 0.25) is 11.8 Å². The van der Waals surface area contributed by atoms with Gasteiger partial charge in [-0.05, 0) is 25.4 Å². The highest BCUT2D eigenvalue weighted by atomic mass is 16.2. The minimum absolute atomic E-state index is 0.0141. The molecule has 2 amide bonds. The summed E-state index contributed by atoms with van der Waals surface area (Å²) in [5.74, 6) is 0.0732. The van der Waals surface area contributed by atoms with Crippen LogP contribution in [0.15, 0.2) is 0 Å². The van der Waals surface area contributed by atoms with Gasteiger partial charge in [-0.25, -0.2) is 0 Å². The van der Waals surface area contributed by atoms with Crippen LogP contribution in [0.25, 0.3) is 0 Å². The van der Waals surface area contributed by atoms with Crippen LogP contribution in [0.5, 0.6) is 0 Å². The predicted molar refractivity (Wildman–Crippen MR) is 65.3 cm³/mol. The zero-order chi connectivity index (χ0) is 12.7. The second-order valence-corrected chi connectivity index (χ2v) is 4.33. The molecule has 1 aliphatic heterocycles. The summed E-state index contributed by atoms with van der Waals surface area (Å²) in [6, 6.07) is 0. The fraction of sp³-hybridized carbons (Fsp3) is 0.818.